The van der Waals surface area contributed by atoms with Crippen molar-refractivity contribution in [2.75, 3.05) is 27.2 Å². The fourth-order valence-electron chi connectivity index (χ4n) is 1.61. The molecule has 6 nitrogen and oxygen atoms in total. The molecule has 0 radical (unpaired) electrons. The Labute approximate surface area is 88.0 Å². The highest BCUT2D eigenvalue weighted by Gasteiger charge is 2.26. The third-order valence-corrected chi connectivity index (χ3v) is 2.27. The maximum atomic E-state index is 10.5. The van der Waals surface area contributed by atoms with Crippen LogP contribution in [-0.2, 0) is 4.79 Å². The van der Waals surface area contributed by atoms with E-state index in [0.29, 0.717) is 12.1 Å². The molecule has 2 heterocycles. The highest BCUT2D eigenvalue weighted by molar-refractivity contribution is 6.08. The largest absolute Gasteiger partial charge is 0.361 e. The van der Waals surface area contributed by atoms with Crippen molar-refractivity contribution in [3.8, 4) is 0 Å². The molecular formula is C9H13N5O. The number of nitrogens with zero attached hydrogens (tertiary/aromatic N) is 4. The monoisotopic (exact) mass is 207 g/mol. The number of carbonyl (C=O) groups is 1. The zero-order valence-electron chi connectivity index (χ0n) is 8.77. The van der Waals surface area contributed by atoms with E-state index in [-0.39, 0.29) is 0 Å². The summed E-state index contributed by atoms with van der Waals surface area (Å²) in [5.74, 6) is 1.51. The van der Waals surface area contributed by atoms with Crippen LogP contribution < -0.4 is 5.32 Å². The molecule has 0 aromatic carbocycles. The van der Waals surface area contributed by atoms with E-state index in [1.54, 1.807) is 6.34 Å². The summed E-state index contributed by atoms with van der Waals surface area (Å²) in [5, 5.41) is 2.66. The van der Waals surface area contributed by atoms with E-state index in [0.717, 1.165) is 24.7 Å². The van der Waals surface area contributed by atoms with Gasteiger partial charge in [-0.1, -0.05) is 0 Å². The third-order valence-electron chi connectivity index (χ3n) is 2.27. The van der Waals surface area contributed by atoms with Crippen LogP contribution in [0.4, 0.5) is 0 Å². The number of hydrogen-bond donors (Lipinski definition) is 1. The Morgan fingerprint density at radius 2 is 2.40 bits per heavy atom. The van der Waals surface area contributed by atoms with Crippen LogP contribution in [0, 0.1) is 0 Å². The van der Waals surface area contributed by atoms with Gasteiger partial charge in [0.2, 0.25) is 6.41 Å². The highest BCUT2D eigenvalue weighted by atomic mass is 16.1. The van der Waals surface area contributed by atoms with E-state index in [1.165, 1.54) is 0 Å². The molecule has 2 aliphatic heterocycles. The van der Waals surface area contributed by atoms with Gasteiger partial charge in [-0.2, -0.15) is 0 Å². The Kier molecular flexibility index (Phi) is 2.40. The van der Waals surface area contributed by atoms with E-state index < -0.39 is 0 Å². The Hall–Kier alpha value is -1.85. The van der Waals surface area contributed by atoms with Gasteiger partial charge in [0.25, 0.3) is 0 Å². The second kappa shape index (κ2) is 3.72. The summed E-state index contributed by atoms with van der Waals surface area (Å²) in [6, 6.07) is 0. The van der Waals surface area contributed by atoms with Crippen molar-refractivity contribution in [2.24, 2.45) is 9.98 Å². The summed E-state index contributed by atoms with van der Waals surface area (Å²) >= 11 is 0. The number of fused-ring (bicyclic) bond motifs is 1. The Bertz CT molecular complexity index is 369. The summed E-state index contributed by atoms with van der Waals surface area (Å²) in [5.41, 5.74) is 0.676. The quantitative estimate of drug-likeness (QED) is 0.617. The van der Waals surface area contributed by atoms with Crippen LogP contribution in [-0.4, -0.2) is 55.6 Å². The molecule has 15 heavy (non-hydrogen) atoms. The van der Waals surface area contributed by atoms with Gasteiger partial charge < -0.3 is 15.1 Å². The molecule has 0 saturated carbocycles. The molecule has 0 bridgehead atoms. The van der Waals surface area contributed by atoms with E-state index in [9.17, 15) is 4.79 Å². The van der Waals surface area contributed by atoms with E-state index >= 15 is 0 Å². The molecule has 0 unspecified atom stereocenters. The van der Waals surface area contributed by atoms with Crippen LogP contribution in [0.3, 0.4) is 0 Å². The van der Waals surface area contributed by atoms with Gasteiger partial charge in [-0.3, -0.25) is 9.79 Å². The molecule has 0 atom stereocenters. The van der Waals surface area contributed by atoms with Gasteiger partial charge in [-0.05, 0) is 0 Å². The first-order valence-corrected chi connectivity index (χ1v) is 4.71. The number of amides is 1. The van der Waals surface area contributed by atoms with Crippen molar-refractivity contribution in [1.29, 1.82) is 0 Å². The number of carbonyl (C=O) groups excluding carboxylic acids is 1. The number of aliphatic imine (C=N–C) groups is 2. The van der Waals surface area contributed by atoms with Crippen molar-refractivity contribution >= 4 is 18.6 Å². The molecule has 80 valence electrons. The molecule has 0 fully saturated rings. The lowest BCUT2D eigenvalue weighted by molar-refractivity contribution is -0.108. The van der Waals surface area contributed by atoms with Crippen LogP contribution in [0.2, 0.25) is 0 Å². The van der Waals surface area contributed by atoms with Gasteiger partial charge in [-0.15, -0.1) is 0 Å². The molecule has 1 N–H and O–H groups in total. The number of nitrogens with one attached hydrogen (secondary N) is 1. The SMILES string of the molecule is CN(C)C1=C(NC=O)C2=NCCN2C=N1. The molecule has 0 aliphatic carbocycles. The molecule has 2 rings (SSSR count). The molecule has 1 amide bonds. The summed E-state index contributed by atoms with van der Waals surface area (Å²) in [6.07, 6.45) is 2.40. The highest BCUT2D eigenvalue weighted by Crippen LogP contribution is 2.17. The van der Waals surface area contributed by atoms with Crippen LogP contribution in [0.5, 0.6) is 0 Å². The molecule has 0 aromatic rings. The second-order valence-corrected chi connectivity index (χ2v) is 3.50. The zero-order valence-corrected chi connectivity index (χ0v) is 8.77. The lowest BCUT2D eigenvalue weighted by Gasteiger charge is -2.25. The van der Waals surface area contributed by atoms with Gasteiger partial charge in [0.15, 0.2) is 11.7 Å². The minimum absolute atomic E-state index is 0.651. The Morgan fingerprint density at radius 1 is 1.60 bits per heavy atom. The van der Waals surface area contributed by atoms with Gasteiger partial charge in [0.1, 0.15) is 5.70 Å². The second-order valence-electron chi connectivity index (χ2n) is 3.50. The normalized spacial score (nSPS) is 18.8. The number of rotatable bonds is 3. The summed E-state index contributed by atoms with van der Waals surface area (Å²) in [7, 11) is 3.76. The average molecular weight is 207 g/mol. The van der Waals surface area contributed by atoms with Crippen LogP contribution in [0.15, 0.2) is 21.5 Å². The topological polar surface area (TPSA) is 60.3 Å². The summed E-state index contributed by atoms with van der Waals surface area (Å²) in [4.78, 5) is 22.9. The zero-order chi connectivity index (χ0) is 10.8. The van der Waals surface area contributed by atoms with E-state index in [4.69, 9.17) is 0 Å². The van der Waals surface area contributed by atoms with E-state index in [1.807, 2.05) is 23.9 Å². The maximum absolute atomic E-state index is 10.5. The van der Waals surface area contributed by atoms with Crippen molar-refractivity contribution < 1.29 is 4.79 Å². The minimum Gasteiger partial charge on any atom is -0.361 e. The minimum atomic E-state index is 0.651. The number of hydrogen-bond acceptors (Lipinski definition) is 5. The Balaban J connectivity index is 2.41. The lowest BCUT2D eigenvalue weighted by Crippen LogP contribution is -2.38. The Morgan fingerprint density at radius 3 is 3.07 bits per heavy atom. The van der Waals surface area contributed by atoms with Gasteiger partial charge in [0.05, 0.1) is 12.9 Å². The van der Waals surface area contributed by atoms with Crippen molar-refractivity contribution in [2.45, 2.75) is 0 Å². The third kappa shape index (κ3) is 1.58. The number of amidine groups is 1. The molecule has 0 saturated heterocycles. The molecule has 2 aliphatic rings. The maximum Gasteiger partial charge on any atom is 0.211 e. The first-order chi connectivity index (χ1) is 7.24. The van der Waals surface area contributed by atoms with Crippen molar-refractivity contribution in [3.05, 3.63) is 11.5 Å². The lowest BCUT2D eigenvalue weighted by atomic mass is 10.3. The van der Waals surface area contributed by atoms with Crippen LogP contribution >= 0.6 is 0 Å². The van der Waals surface area contributed by atoms with Gasteiger partial charge in [-0.25, -0.2) is 4.99 Å². The molecule has 0 aromatic heterocycles. The first-order valence-electron chi connectivity index (χ1n) is 4.71. The smallest absolute Gasteiger partial charge is 0.211 e. The average Bonchev–Trinajstić information content (AvgIpc) is 2.66. The van der Waals surface area contributed by atoms with E-state index in [2.05, 4.69) is 15.3 Å². The molecule has 0 spiro atoms. The molecular weight excluding hydrogens is 194 g/mol. The standard InChI is InChI=1S/C9H13N5O/c1-13(2)8-7(12-6-15)9-10-3-4-14(9)5-11-8/h5-6H,3-4H2,1-2H3,(H,12,15). The summed E-state index contributed by atoms with van der Waals surface area (Å²) in [6.45, 7) is 1.57. The van der Waals surface area contributed by atoms with Crippen molar-refractivity contribution in [1.82, 2.24) is 15.1 Å². The predicted octanol–water partition coefficient (Wildman–Crippen LogP) is -0.781. The van der Waals surface area contributed by atoms with Gasteiger partial charge >= 0.3 is 0 Å². The first kappa shape index (κ1) is 9.70. The van der Waals surface area contributed by atoms with Gasteiger partial charge in [0, 0.05) is 20.6 Å². The fraction of sp³-hybridized carbons (Fsp3) is 0.444. The predicted molar refractivity (Wildman–Crippen MR) is 57.4 cm³/mol. The molecule has 6 heteroatoms. The fourth-order valence-corrected chi connectivity index (χ4v) is 1.61. The van der Waals surface area contributed by atoms with Crippen LogP contribution in [0.25, 0.3) is 0 Å². The van der Waals surface area contributed by atoms with Crippen molar-refractivity contribution in [3.63, 3.8) is 0 Å². The van der Waals surface area contributed by atoms with Crippen LogP contribution in [0.1, 0.15) is 0 Å². The summed E-state index contributed by atoms with van der Waals surface area (Å²) < 4.78 is 0.